The third-order valence-electron chi connectivity index (χ3n) is 3.58. The largest absolute Gasteiger partial charge is 0.484 e. The molecule has 7 heteroatoms. The second-order valence-corrected chi connectivity index (χ2v) is 7.06. The zero-order chi connectivity index (χ0) is 17.6. The van der Waals surface area contributed by atoms with E-state index in [0.717, 1.165) is 28.3 Å². The van der Waals surface area contributed by atoms with Crippen molar-refractivity contribution in [2.24, 2.45) is 0 Å². The van der Waals surface area contributed by atoms with Crippen molar-refractivity contribution in [2.45, 2.75) is 31.0 Å². The zero-order valence-electron chi connectivity index (χ0n) is 13.7. The van der Waals surface area contributed by atoms with Gasteiger partial charge in [-0.15, -0.1) is 10.2 Å². The van der Waals surface area contributed by atoms with Gasteiger partial charge in [-0.05, 0) is 36.8 Å². The van der Waals surface area contributed by atoms with E-state index in [1.807, 2.05) is 42.5 Å². The van der Waals surface area contributed by atoms with Gasteiger partial charge in [0.2, 0.25) is 0 Å². The van der Waals surface area contributed by atoms with Crippen LogP contribution in [-0.4, -0.2) is 14.8 Å². The molecule has 1 aromatic heterocycles. The highest BCUT2D eigenvalue weighted by molar-refractivity contribution is 7.98. The molecule has 0 saturated heterocycles. The fourth-order valence-corrected chi connectivity index (χ4v) is 3.58. The number of nitrogens with zero attached hydrogens (tertiary/aromatic N) is 3. The predicted molar refractivity (Wildman–Crippen MR) is 102 cm³/mol. The van der Waals surface area contributed by atoms with Crippen LogP contribution in [0, 0.1) is 0 Å². The number of hydrogen-bond acceptors (Lipinski definition) is 4. The van der Waals surface area contributed by atoms with E-state index in [4.69, 9.17) is 27.9 Å². The first-order chi connectivity index (χ1) is 12.2. The van der Waals surface area contributed by atoms with E-state index in [1.165, 1.54) is 5.56 Å². The number of para-hydroxylation sites is 1. The van der Waals surface area contributed by atoms with Crippen LogP contribution in [0.3, 0.4) is 0 Å². The van der Waals surface area contributed by atoms with Gasteiger partial charge in [0.25, 0.3) is 0 Å². The number of aromatic nitrogens is 3. The minimum absolute atomic E-state index is 0.325. The van der Waals surface area contributed by atoms with Crippen LogP contribution in [0.1, 0.15) is 18.3 Å². The molecule has 4 nitrogen and oxygen atoms in total. The van der Waals surface area contributed by atoms with Crippen molar-refractivity contribution in [3.63, 3.8) is 0 Å². The summed E-state index contributed by atoms with van der Waals surface area (Å²) in [4.78, 5) is 0. The maximum absolute atomic E-state index is 6.12. The standard InChI is InChI=1S/C18H17Cl2N3OS/c1-2-23-17(11-24-16-6-4-3-5-15(16)20)21-22-18(23)25-12-13-7-9-14(19)10-8-13/h3-10H,2,11-12H2,1H3. The number of benzene rings is 2. The van der Waals surface area contributed by atoms with Crippen LogP contribution in [0.4, 0.5) is 0 Å². The van der Waals surface area contributed by atoms with Crippen LogP contribution in [0.15, 0.2) is 53.7 Å². The van der Waals surface area contributed by atoms with Crippen LogP contribution in [0.2, 0.25) is 10.0 Å². The van der Waals surface area contributed by atoms with Crippen LogP contribution in [-0.2, 0) is 18.9 Å². The summed E-state index contributed by atoms with van der Waals surface area (Å²) in [5.41, 5.74) is 1.19. The Balaban J connectivity index is 1.66. The molecule has 0 aliphatic rings. The summed E-state index contributed by atoms with van der Waals surface area (Å²) in [6.07, 6.45) is 0. The first-order valence-corrected chi connectivity index (χ1v) is 9.58. The maximum Gasteiger partial charge on any atom is 0.191 e. The summed E-state index contributed by atoms with van der Waals surface area (Å²) in [5.74, 6) is 2.23. The second-order valence-electron chi connectivity index (χ2n) is 5.28. The molecule has 0 spiro atoms. The molecule has 0 atom stereocenters. The Labute approximate surface area is 161 Å². The van der Waals surface area contributed by atoms with Crippen molar-refractivity contribution in [3.8, 4) is 5.75 Å². The number of thioether (sulfide) groups is 1. The quantitative estimate of drug-likeness (QED) is 0.498. The fraction of sp³-hybridized carbons (Fsp3) is 0.222. The van der Waals surface area contributed by atoms with Gasteiger partial charge in [-0.3, -0.25) is 0 Å². The van der Waals surface area contributed by atoms with E-state index in [9.17, 15) is 0 Å². The molecule has 0 aliphatic carbocycles. The Morgan fingerprint density at radius 2 is 1.80 bits per heavy atom. The molecule has 0 saturated carbocycles. The molecule has 3 aromatic rings. The van der Waals surface area contributed by atoms with Gasteiger partial charge in [0.1, 0.15) is 12.4 Å². The lowest BCUT2D eigenvalue weighted by molar-refractivity contribution is 0.288. The van der Waals surface area contributed by atoms with Gasteiger partial charge in [-0.25, -0.2) is 0 Å². The summed E-state index contributed by atoms with van der Waals surface area (Å²) in [5, 5.41) is 10.7. The summed E-state index contributed by atoms with van der Waals surface area (Å²) in [7, 11) is 0. The van der Waals surface area contributed by atoms with Gasteiger partial charge in [-0.1, -0.05) is 59.2 Å². The summed E-state index contributed by atoms with van der Waals surface area (Å²) in [6, 6.07) is 15.2. The van der Waals surface area contributed by atoms with Crippen molar-refractivity contribution < 1.29 is 4.74 Å². The lowest BCUT2D eigenvalue weighted by Gasteiger charge is -2.09. The maximum atomic E-state index is 6.12. The molecule has 0 radical (unpaired) electrons. The average Bonchev–Trinajstić information content (AvgIpc) is 3.02. The van der Waals surface area contributed by atoms with Gasteiger partial charge in [0.15, 0.2) is 11.0 Å². The predicted octanol–water partition coefficient (Wildman–Crippen LogP) is 5.48. The highest BCUT2D eigenvalue weighted by Crippen LogP contribution is 2.26. The molecule has 1 heterocycles. The van der Waals surface area contributed by atoms with Gasteiger partial charge in [-0.2, -0.15) is 0 Å². The van der Waals surface area contributed by atoms with E-state index in [2.05, 4.69) is 21.7 Å². The van der Waals surface area contributed by atoms with E-state index < -0.39 is 0 Å². The van der Waals surface area contributed by atoms with E-state index in [0.29, 0.717) is 17.4 Å². The second kappa shape index (κ2) is 8.61. The summed E-state index contributed by atoms with van der Waals surface area (Å²) < 4.78 is 7.83. The molecule has 25 heavy (non-hydrogen) atoms. The van der Waals surface area contributed by atoms with E-state index in [1.54, 1.807) is 17.8 Å². The minimum Gasteiger partial charge on any atom is -0.484 e. The van der Waals surface area contributed by atoms with Crippen LogP contribution in [0.5, 0.6) is 5.75 Å². The molecular formula is C18H17Cl2N3OS. The highest BCUT2D eigenvalue weighted by atomic mass is 35.5. The molecule has 0 fully saturated rings. The molecule has 2 aromatic carbocycles. The average molecular weight is 394 g/mol. The SMILES string of the molecule is CCn1c(COc2ccccc2Cl)nnc1SCc1ccc(Cl)cc1. The molecule has 0 unspecified atom stereocenters. The molecule has 0 N–H and O–H groups in total. The van der Waals surface area contributed by atoms with E-state index in [-0.39, 0.29) is 0 Å². The molecule has 3 rings (SSSR count). The van der Waals surface area contributed by atoms with Crippen molar-refractivity contribution in [1.29, 1.82) is 0 Å². The van der Waals surface area contributed by atoms with Gasteiger partial charge >= 0.3 is 0 Å². The third kappa shape index (κ3) is 4.69. The molecule has 0 aliphatic heterocycles. The number of halogens is 2. The monoisotopic (exact) mass is 393 g/mol. The van der Waals surface area contributed by atoms with Gasteiger partial charge in [0.05, 0.1) is 5.02 Å². The van der Waals surface area contributed by atoms with E-state index >= 15 is 0 Å². The molecule has 130 valence electrons. The zero-order valence-corrected chi connectivity index (χ0v) is 16.0. The Kier molecular flexibility index (Phi) is 6.24. The van der Waals surface area contributed by atoms with Gasteiger partial charge < -0.3 is 9.30 Å². The normalized spacial score (nSPS) is 10.8. The Morgan fingerprint density at radius 3 is 2.52 bits per heavy atom. The number of ether oxygens (including phenoxy) is 1. The van der Waals surface area contributed by atoms with Crippen LogP contribution in [0.25, 0.3) is 0 Å². The van der Waals surface area contributed by atoms with Crippen LogP contribution >= 0.6 is 35.0 Å². The van der Waals surface area contributed by atoms with Crippen molar-refractivity contribution in [3.05, 3.63) is 70.0 Å². The summed E-state index contributed by atoms with van der Waals surface area (Å²) >= 11 is 13.7. The van der Waals surface area contributed by atoms with Crippen molar-refractivity contribution in [1.82, 2.24) is 14.8 Å². The molecule has 0 amide bonds. The Bertz CT molecular complexity index is 837. The third-order valence-corrected chi connectivity index (χ3v) is 5.19. The first kappa shape index (κ1) is 18.1. The number of rotatable bonds is 7. The van der Waals surface area contributed by atoms with Crippen molar-refractivity contribution >= 4 is 35.0 Å². The first-order valence-electron chi connectivity index (χ1n) is 7.84. The molecule has 0 bridgehead atoms. The minimum atomic E-state index is 0.325. The smallest absolute Gasteiger partial charge is 0.191 e. The molecular weight excluding hydrogens is 377 g/mol. The number of hydrogen-bond donors (Lipinski definition) is 0. The topological polar surface area (TPSA) is 39.9 Å². The fourth-order valence-electron chi connectivity index (χ4n) is 2.28. The lowest BCUT2D eigenvalue weighted by atomic mass is 10.2. The van der Waals surface area contributed by atoms with Crippen LogP contribution < -0.4 is 4.74 Å². The highest BCUT2D eigenvalue weighted by Gasteiger charge is 2.12. The Morgan fingerprint density at radius 1 is 1.04 bits per heavy atom. The lowest BCUT2D eigenvalue weighted by Crippen LogP contribution is -2.07. The Hall–Kier alpha value is -1.69. The summed E-state index contributed by atoms with van der Waals surface area (Å²) in [6.45, 7) is 3.16. The van der Waals surface area contributed by atoms with Crippen molar-refractivity contribution in [2.75, 3.05) is 0 Å². The van der Waals surface area contributed by atoms with Gasteiger partial charge in [0, 0.05) is 17.3 Å².